The number of nitro groups is 1. The van der Waals surface area contributed by atoms with Crippen molar-refractivity contribution in [2.75, 3.05) is 34.3 Å². The molecule has 0 radical (unpaired) electrons. The van der Waals surface area contributed by atoms with Gasteiger partial charge in [0.25, 0.3) is 5.91 Å². The summed E-state index contributed by atoms with van der Waals surface area (Å²) in [6.45, 7) is 3.39. The second-order valence-corrected chi connectivity index (χ2v) is 5.22. The Bertz CT molecular complexity index is 517. The van der Waals surface area contributed by atoms with Gasteiger partial charge in [0.2, 0.25) is 0 Å². The van der Waals surface area contributed by atoms with Gasteiger partial charge in [-0.3, -0.25) is 14.9 Å². The van der Waals surface area contributed by atoms with Gasteiger partial charge in [0.15, 0.2) is 5.75 Å². The minimum absolute atomic E-state index is 0.137. The Morgan fingerprint density at radius 1 is 1.48 bits per heavy atom. The highest BCUT2D eigenvalue weighted by atomic mass is 16.6. The van der Waals surface area contributed by atoms with Crippen molar-refractivity contribution < 1.29 is 14.5 Å². The lowest BCUT2D eigenvalue weighted by Gasteiger charge is -2.17. The monoisotopic (exact) mass is 295 g/mol. The largest absolute Gasteiger partial charge is 0.490 e. The maximum absolute atomic E-state index is 12.0. The number of rotatable bonds is 7. The van der Waals surface area contributed by atoms with E-state index in [1.807, 2.05) is 25.9 Å². The van der Waals surface area contributed by atoms with Gasteiger partial charge in [-0.1, -0.05) is 6.92 Å². The molecule has 7 nitrogen and oxygen atoms in total. The average molecular weight is 295 g/mol. The number of benzene rings is 1. The molecule has 0 saturated carbocycles. The minimum Gasteiger partial charge on any atom is -0.490 e. The predicted octanol–water partition coefficient (Wildman–Crippen LogP) is 1.53. The van der Waals surface area contributed by atoms with E-state index < -0.39 is 4.92 Å². The SMILES string of the molecule is COc1ccc(C(=O)NCC(C)CN(C)C)cc1[N+](=O)[O-]. The summed E-state index contributed by atoms with van der Waals surface area (Å²) in [5.74, 6) is 0.0982. The molecule has 1 aromatic rings. The van der Waals surface area contributed by atoms with Gasteiger partial charge in [-0.15, -0.1) is 0 Å². The Morgan fingerprint density at radius 2 is 2.14 bits per heavy atom. The second-order valence-electron chi connectivity index (χ2n) is 5.22. The van der Waals surface area contributed by atoms with Crippen molar-refractivity contribution in [3.05, 3.63) is 33.9 Å². The van der Waals surface area contributed by atoms with Gasteiger partial charge in [-0.25, -0.2) is 0 Å². The van der Waals surface area contributed by atoms with Crippen molar-refractivity contribution in [3.8, 4) is 5.75 Å². The fourth-order valence-electron chi connectivity index (χ4n) is 2.03. The van der Waals surface area contributed by atoms with E-state index in [4.69, 9.17) is 4.74 Å². The van der Waals surface area contributed by atoms with Crippen molar-refractivity contribution in [1.82, 2.24) is 10.2 Å². The van der Waals surface area contributed by atoms with Crippen LogP contribution in [0.4, 0.5) is 5.69 Å². The van der Waals surface area contributed by atoms with Gasteiger partial charge in [0.1, 0.15) is 0 Å². The number of ether oxygens (including phenoxy) is 1. The summed E-state index contributed by atoms with van der Waals surface area (Å²) in [4.78, 5) is 24.4. The van der Waals surface area contributed by atoms with Crippen molar-refractivity contribution in [2.24, 2.45) is 5.92 Å². The molecule has 21 heavy (non-hydrogen) atoms. The normalized spacial score (nSPS) is 12.0. The molecule has 1 N–H and O–H groups in total. The Hall–Kier alpha value is -2.15. The first-order valence-electron chi connectivity index (χ1n) is 6.60. The number of nitro benzene ring substituents is 1. The minimum atomic E-state index is -0.565. The van der Waals surface area contributed by atoms with Crippen LogP contribution >= 0.6 is 0 Å². The Morgan fingerprint density at radius 3 is 2.67 bits per heavy atom. The van der Waals surface area contributed by atoms with Crippen LogP contribution in [0.15, 0.2) is 18.2 Å². The Labute approximate surface area is 124 Å². The smallest absolute Gasteiger partial charge is 0.311 e. The highest BCUT2D eigenvalue weighted by Crippen LogP contribution is 2.27. The van der Waals surface area contributed by atoms with Crippen LogP contribution in [0.3, 0.4) is 0 Å². The molecule has 0 fully saturated rings. The van der Waals surface area contributed by atoms with E-state index in [2.05, 4.69) is 5.32 Å². The van der Waals surface area contributed by atoms with Crippen molar-refractivity contribution in [1.29, 1.82) is 0 Å². The highest BCUT2D eigenvalue weighted by Gasteiger charge is 2.18. The van der Waals surface area contributed by atoms with Crippen LogP contribution in [0.1, 0.15) is 17.3 Å². The second kappa shape index (κ2) is 7.58. The van der Waals surface area contributed by atoms with Crippen LogP contribution in [-0.2, 0) is 0 Å². The molecule has 0 heterocycles. The van der Waals surface area contributed by atoms with Gasteiger partial charge in [-0.2, -0.15) is 0 Å². The number of carbonyl (C=O) groups excluding carboxylic acids is 1. The standard InChI is InChI=1S/C14H21N3O4/c1-10(9-16(2)3)8-15-14(18)11-5-6-13(21-4)12(7-11)17(19)20/h5-7,10H,8-9H2,1-4H3,(H,15,18). The van der Waals surface area contributed by atoms with Crippen LogP contribution in [0.2, 0.25) is 0 Å². The van der Waals surface area contributed by atoms with Gasteiger partial charge >= 0.3 is 5.69 Å². The molecule has 116 valence electrons. The highest BCUT2D eigenvalue weighted by molar-refractivity contribution is 5.95. The van der Waals surface area contributed by atoms with Crippen LogP contribution in [0, 0.1) is 16.0 Å². The summed E-state index contributed by atoms with van der Waals surface area (Å²) in [7, 11) is 5.28. The molecule has 0 aliphatic carbocycles. The molecule has 0 saturated heterocycles. The zero-order chi connectivity index (χ0) is 16.0. The van der Waals surface area contributed by atoms with Crippen LogP contribution in [0.25, 0.3) is 0 Å². The van der Waals surface area contributed by atoms with E-state index in [0.717, 1.165) is 6.54 Å². The molecule has 0 aliphatic heterocycles. The molecule has 0 aliphatic rings. The van der Waals surface area contributed by atoms with E-state index in [0.29, 0.717) is 6.54 Å². The summed E-state index contributed by atoms with van der Waals surface area (Å²) >= 11 is 0. The zero-order valence-corrected chi connectivity index (χ0v) is 12.8. The first-order chi connectivity index (χ1) is 9.85. The number of hydrogen-bond donors (Lipinski definition) is 1. The number of carbonyl (C=O) groups is 1. The zero-order valence-electron chi connectivity index (χ0n) is 12.8. The summed E-state index contributed by atoms with van der Waals surface area (Å²) in [5, 5.41) is 13.7. The molecule has 1 aromatic carbocycles. The summed E-state index contributed by atoms with van der Waals surface area (Å²) in [5.41, 5.74) is 0.0334. The van der Waals surface area contributed by atoms with Crippen LogP contribution < -0.4 is 10.1 Å². The number of nitrogens with zero attached hydrogens (tertiary/aromatic N) is 2. The summed E-state index contributed by atoms with van der Waals surface area (Å²) in [6.07, 6.45) is 0. The molecule has 1 atom stereocenters. The molecule has 0 aromatic heterocycles. The quantitative estimate of drug-likeness (QED) is 0.609. The summed E-state index contributed by atoms with van der Waals surface area (Å²) in [6, 6.07) is 4.17. The van der Waals surface area contributed by atoms with Crippen molar-refractivity contribution >= 4 is 11.6 Å². The lowest BCUT2D eigenvalue weighted by molar-refractivity contribution is -0.385. The van der Waals surface area contributed by atoms with Gasteiger partial charge < -0.3 is 15.0 Å². The molecule has 7 heteroatoms. The van der Waals surface area contributed by atoms with E-state index in [1.54, 1.807) is 0 Å². The Kier molecular flexibility index (Phi) is 6.10. The van der Waals surface area contributed by atoms with Gasteiger partial charge in [0, 0.05) is 24.7 Å². The van der Waals surface area contributed by atoms with E-state index in [1.165, 1.54) is 25.3 Å². The molecular weight excluding hydrogens is 274 g/mol. The van der Waals surface area contributed by atoms with Crippen LogP contribution in [0.5, 0.6) is 5.75 Å². The first-order valence-corrected chi connectivity index (χ1v) is 6.60. The average Bonchev–Trinajstić information content (AvgIpc) is 2.43. The number of amides is 1. The molecule has 0 bridgehead atoms. The van der Waals surface area contributed by atoms with Gasteiger partial charge in [0.05, 0.1) is 12.0 Å². The third kappa shape index (κ3) is 5.03. The maximum Gasteiger partial charge on any atom is 0.311 e. The number of methoxy groups -OCH3 is 1. The summed E-state index contributed by atoms with van der Waals surface area (Å²) < 4.78 is 4.90. The maximum atomic E-state index is 12.0. The van der Waals surface area contributed by atoms with E-state index in [-0.39, 0.29) is 28.8 Å². The lowest BCUT2D eigenvalue weighted by Crippen LogP contribution is -2.32. The molecule has 1 amide bonds. The van der Waals surface area contributed by atoms with Crippen molar-refractivity contribution in [3.63, 3.8) is 0 Å². The molecule has 0 spiro atoms. The van der Waals surface area contributed by atoms with Crippen LogP contribution in [-0.4, -0.2) is 50.0 Å². The fraction of sp³-hybridized carbons (Fsp3) is 0.500. The first kappa shape index (κ1) is 16.9. The van der Waals surface area contributed by atoms with E-state index >= 15 is 0 Å². The topological polar surface area (TPSA) is 84.7 Å². The fourth-order valence-corrected chi connectivity index (χ4v) is 2.03. The Balaban J connectivity index is 2.75. The molecule has 1 rings (SSSR count). The van der Waals surface area contributed by atoms with Gasteiger partial charge in [-0.05, 0) is 32.1 Å². The number of hydrogen-bond acceptors (Lipinski definition) is 5. The third-order valence-corrected chi connectivity index (χ3v) is 2.93. The lowest BCUT2D eigenvalue weighted by atomic mass is 10.1. The van der Waals surface area contributed by atoms with E-state index in [9.17, 15) is 14.9 Å². The van der Waals surface area contributed by atoms with Crippen molar-refractivity contribution in [2.45, 2.75) is 6.92 Å². The molecule has 1 unspecified atom stereocenters. The third-order valence-electron chi connectivity index (χ3n) is 2.93. The molecular formula is C14H21N3O4. The number of nitrogens with one attached hydrogen (secondary N) is 1. The predicted molar refractivity (Wildman–Crippen MR) is 79.7 cm³/mol.